The van der Waals surface area contributed by atoms with E-state index in [1.165, 1.54) is 16.5 Å². The minimum absolute atomic E-state index is 0.236. The largest absolute Gasteiger partial charge is 0.367 e. The Kier molecular flexibility index (Phi) is 4.61. The lowest BCUT2D eigenvalue weighted by atomic mass is 9.92. The number of rotatable bonds is 4. The summed E-state index contributed by atoms with van der Waals surface area (Å²) in [5, 5.41) is 4.14. The highest BCUT2D eigenvalue weighted by atomic mass is 32.2. The Morgan fingerprint density at radius 3 is 2.48 bits per heavy atom. The maximum Gasteiger partial charge on any atom is 0.269 e. The number of benzene rings is 1. The standard InChI is InChI=1S/C19H23N5O2S/c1-13-2-8-16(9-3-13)27(25,26)24-11-10-17-18(21-12-22-19(17)24)23-15-6-4-14(20)5-7-15/h2-3,8-12,14-15H,4-7,20H2,1H3,(H,21,22,23). The lowest BCUT2D eigenvalue weighted by Gasteiger charge is -2.27. The highest BCUT2D eigenvalue weighted by molar-refractivity contribution is 7.90. The van der Waals surface area contributed by atoms with Crippen LogP contribution in [0.3, 0.4) is 0 Å². The Bertz CT molecular complexity index is 1050. The van der Waals surface area contributed by atoms with E-state index in [-0.39, 0.29) is 10.9 Å². The van der Waals surface area contributed by atoms with E-state index in [2.05, 4.69) is 15.3 Å². The topological polar surface area (TPSA) is 103 Å². The average molecular weight is 385 g/mol. The smallest absolute Gasteiger partial charge is 0.269 e. The highest BCUT2D eigenvalue weighted by Gasteiger charge is 2.23. The first-order valence-corrected chi connectivity index (χ1v) is 10.6. The zero-order valence-corrected chi connectivity index (χ0v) is 16.0. The van der Waals surface area contributed by atoms with Crippen LogP contribution in [0, 0.1) is 6.92 Å². The quantitative estimate of drug-likeness (QED) is 0.716. The number of nitrogens with one attached hydrogen (secondary N) is 1. The summed E-state index contributed by atoms with van der Waals surface area (Å²) in [5.41, 5.74) is 7.36. The van der Waals surface area contributed by atoms with Crippen LogP contribution in [0.4, 0.5) is 5.82 Å². The van der Waals surface area contributed by atoms with Gasteiger partial charge >= 0.3 is 0 Å². The molecule has 0 saturated heterocycles. The molecule has 3 N–H and O–H groups in total. The van der Waals surface area contributed by atoms with Gasteiger partial charge in [0.05, 0.1) is 10.3 Å². The Hall–Kier alpha value is -2.45. The zero-order chi connectivity index (χ0) is 19.0. The molecule has 0 radical (unpaired) electrons. The summed E-state index contributed by atoms with van der Waals surface area (Å²) in [7, 11) is -3.71. The van der Waals surface area contributed by atoms with Crippen molar-refractivity contribution < 1.29 is 8.42 Å². The summed E-state index contributed by atoms with van der Waals surface area (Å²) in [6, 6.07) is 9.11. The highest BCUT2D eigenvalue weighted by Crippen LogP contribution is 2.27. The second-order valence-corrected chi connectivity index (χ2v) is 8.96. The van der Waals surface area contributed by atoms with Gasteiger partial charge in [-0.05, 0) is 50.8 Å². The molecule has 0 spiro atoms. The lowest BCUT2D eigenvalue weighted by molar-refractivity contribution is 0.410. The number of fused-ring (bicyclic) bond motifs is 1. The molecule has 27 heavy (non-hydrogen) atoms. The van der Waals surface area contributed by atoms with E-state index < -0.39 is 10.0 Å². The number of hydrogen-bond donors (Lipinski definition) is 2. The molecule has 1 aliphatic rings. The van der Waals surface area contributed by atoms with E-state index in [9.17, 15) is 8.42 Å². The first-order valence-electron chi connectivity index (χ1n) is 9.11. The molecule has 0 aliphatic heterocycles. The predicted molar refractivity (Wildman–Crippen MR) is 105 cm³/mol. The molecule has 7 nitrogen and oxygen atoms in total. The normalized spacial score (nSPS) is 20.7. The molecule has 4 rings (SSSR count). The maximum absolute atomic E-state index is 13.0. The van der Waals surface area contributed by atoms with Crippen LogP contribution in [-0.4, -0.2) is 34.4 Å². The summed E-state index contributed by atoms with van der Waals surface area (Å²) in [5.74, 6) is 0.665. The fourth-order valence-electron chi connectivity index (χ4n) is 3.52. The van der Waals surface area contributed by atoms with Crippen molar-refractivity contribution in [3.05, 3.63) is 48.4 Å². The van der Waals surface area contributed by atoms with Crippen LogP contribution >= 0.6 is 0 Å². The first kappa shape index (κ1) is 17.9. The Labute approximate surface area is 158 Å². The van der Waals surface area contributed by atoms with Gasteiger partial charge in [0.2, 0.25) is 0 Å². The van der Waals surface area contributed by atoms with Crippen molar-refractivity contribution in [3.8, 4) is 0 Å². The van der Waals surface area contributed by atoms with Crippen LogP contribution in [-0.2, 0) is 10.0 Å². The van der Waals surface area contributed by atoms with Crippen LogP contribution in [0.25, 0.3) is 11.0 Å². The van der Waals surface area contributed by atoms with Gasteiger partial charge in [-0.1, -0.05) is 17.7 Å². The third-order valence-electron chi connectivity index (χ3n) is 5.14. The minimum atomic E-state index is -3.71. The van der Waals surface area contributed by atoms with E-state index in [0.29, 0.717) is 22.9 Å². The van der Waals surface area contributed by atoms with E-state index in [0.717, 1.165) is 31.2 Å². The monoisotopic (exact) mass is 385 g/mol. The lowest BCUT2D eigenvalue weighted by Crippen LogP contribution is -2.33. The summed E-state index contributed by atoms with van der Waals surface area (Å²) in [6.07, 6.45) is 6.87. The predicted octanol–water partition coefficient (Wildman–Crippen LogP) is 2.66. The molecule has 0 unspecified atom stereocenters. The zero-order valence-electron chi connectivity index (χ0n) is 15.2. The molecular formula is C19H23N5O2S. The Morgan fingerprint density at radius 1 is 1.07 bits per heavy atom. The third-order valence-corrected chi connectivity index (χ3v) is 6.82. The fourth-order valence-corrected chi connectivity index (χ4v) is 4.82. The van der Waals surface area contributed by atoms with E-state index in [4.69, 9.17) is 5.73 Å². The summed E-state index contributed by atoms with van der Waals surface area (Å²) < 4.78 is 27.3. The molecule has 0 bridgehead atoms. The summed E-state index contributed by atoms with van der Waals surface area (Å²) in [6.45, 7) is 1.92. The molecule has 1 aromatic carbocycles. The van der Waals surface area contributed by atoms with Crippen molar-refractivity contribution in [3.63, 3.8) is 0 Å². The van der Waals surface area contributed by atoms with Gasteiger partial charge in [-0.25, -0.2) is 22.4 Å². The van der Waals surface area contributed by atoms with Gasteiger partial charge < -0.3 is 11.1 Å². The van der Waals surface area contributed by atoms with Gasteiger partial charge in [-0.2, -0.15) is 0 Å². The van der Waals surface area contributed by atoms with Gasteiger partial charge in [0.15, 0.2) is 5.65 Å². The van der Waals surface area contributed by atoms with Crippen LogP contribution in [0.2, 0.25) is 0 Å². The van der Waals surface area contributed by atoms with Gasteiger partial charge in [0, 0.05) is 18.3 Å². The number of hydrogen-bond acceptors (Lipinski definition) is 6. The number of nitrogens with zero attached hydrogens (tertiary/aromatic N) is 3. The molecule has 0 amide bonds. The second-order valence-electron chi connectivity index (χ2n) is 7.15. The molecule has 0 atom stereocenters. The van der Waals surface area contributed by atoms with E-state index in [1.807, 2.05) is 6.92 Å². The molecule has 2 aromatic heterocycles. The molecule has 1 fully saturated rings. The number of nitrogens with two attached hydrogens (primary N) is 1. The number of aryl methyl sites for hydroxylation is 1. The molecule has 8 heteroatoms. The number of aromatic nitrogens is 3. The molecule has 142 valence electrons. The Balaban J connectivity index is 1.69. The van der Waals surface area contributed by atoms with Crippen LogP contribution in [0.15, 0.2) is 47.8 Å². The van der Waals surface area contributed by atoms with Crippen molar-refractivity contribution in [2.45, 2.75) is 49.6 Å². The van der Waals surface area contributed by atoms with Crippen molar-refractivity contribution in [2.75, 3.05) is 5.32 Å². The molecule has 3 aromatic rings. The SMILES string of the molecule is Cc1ccc(S(=O)(=O)n2ccc3c(NC4CCC(N)CC4)ncnc32)cc1. The van der Waals surface area contributed by atoms with Crippen LogP contribution in [0.5, 0.6) is 0 Å². The van der Waals surface area contributed by atoms with Crippen molar-refractivity contribution in [1.82, 2.24) is 13.9 Å². The minimum Gasteiger partial charge on any atom is -0.367 e. The van der Waals surface area contributed by atoms with Crippen molar-refractivity contribution in [2.24, 2.45) is 5.73 Å². The van der Waals surface area contributed by atoms with Crippen molar-refractivity contribution in [1.29, 1.82) is 0 Å². The van der Waals surface area contributed by atoms with Crippen LogP contribution < -0.4 is 11.1 Å². The second kappa shape index (κ2) is 6.94. The number of anilines is 1. The first-order chi connectivity index (χ1) is 12.9. The van der Waals surface area contributed by atoms with Crippen LogP contribution in [0.1, 0.15) is 31.2 Å². The molecular weight excluding hydrogens is 362 g/mol. The van der Waals surface area contributed by atoms with Gasteiger partial charge in [-0.3, -0.25) is 0 Å². The van der Waals surface area contributed by atoms with Gasteiger partial charge in [0.1, 0.15) is 12.1 Å². The summed E-state index contributed by atoms with van der Waals surface area (Å²) >= 11 is 0. The fraction of sp³-hybridized carbons (Fsp3) is 0.368. The van der Waals surface area contributed by atoms with E-state index in [1.54, 1.807) is 30.3 Å². The van der Waals surface area contributed by atoms with E-state index >= 15 is 0 Å². The maximum atomic E-state index is 13.0. The third kappa shape index (κ3) is 3.42. The average Bonchev–Trinajstić information content (AvgIpc) is 3.10. The van der Waals surface area contributed by atoms with Gasteiger partial charge in [-0.15, -0.1) is 0 Å². The summed E-state index contributed by atoms with van der Waals surface area (Å²) in [4.78, 5) is 8.80. The van der Waals surface area contributed by atoms with Crippen molar-refractivity contribution >= 4 is 26.9 Å². The molecule has 1 saturated carbocycles. The molecule has 1 aliphatic carbocycles. The van der Waals surface area contributed by atoms with Gasteiger partial charge in [0.25, 0.3) is 10.0 Å². The Morgan fingerprint density at radius 2 is 1.78 bits per heavy atom. The molecule has 2 heterocycles.